The summed E-state index contributed by atoms with van der Waals surface area (Å²) in [5.41, 5.74) is 9.51. The number of aromatic nitrogens is 2. The summed E-state index contributed by atoms with van der Waals surface area (Å²) in [5.74, 6) is 1.69. The minimum Gasteiger partial charge on any atom is -0.328 e. The van der Waals surface area contributed by atoms with Gasteiger partial charge < -0.3 is 10.3 Å². The first kappa shape index (κ1) is 14.6. The van der Waals surface area contributed by atoms with Crippen molar-refractivity contribution >= 4 is 11.0 Å². The average Bonchev–Trinajstić information content (AvgIpc) is 2.69. The maximum absolute atomic E-state index is 6.55. The smallest absolute Gasteiger partial charge is 0.111 e. The molecule has 0 saturated heterocycles. The average molecular weight is 285 g/mol. The molecule has 1 aromatic heterocycles. The first-order chi connectivity index (χ1) is 9.80. The Morgan fingerprint density at radius 3 is 2.38 bits per heavy atom. The molecule has 0 spiro atoms. The molecule has 0 bridgehead atoms. The van der Waals surface area contributed by atoms with E-state index < -0.39 is 0 Å². The second-order valence-electron chi connectivity index (χ2n) is 7.55. The molecule has 3 rings (SSSR count). The molecule has 1 unspecified atom stereocenters. The Bertz CT molecular complexity index is 652. The van der Waals surface area contributed by atoms with E-state index >= 15 is 0 Å². The van der Waals surface area contributed by atoms with E-state index in [-0.39, 0.29) is 6.04 Å². The summed E-state index contributed by atoms with van der Waals surface area (Å²) >= 11 is 0. The lowest BCUT2D eigenvalue weighted by atomic mass is 10.0. The van der Waals surface area contributed by atoms with E-state index in [2.05, 4.69) is 57.4 Å². The van der Waals surface area contributed by atoms with Crippen LogP contribution in [0.1, 0.15) is 40.4 Å². The van der Waals surface area contributed by atoms with Crippen molar-refractivity contribution in [2.45, 2.75) is 53.6 Å². The molecule has 3 heteroatoms. The molecule has 1 atom stereocenters. The number of benzene rings is 1. The third kappa shape index (κ3) is 2.02. The number of aryl methyl sites for hydroxylation is 1. The van der Waals surface area contributed by atoms with E-state index in [1.165, 1.54) is 5.52 Å². The first-order valence-electron chi connectivity index (χ1n) is 8.00. The van der Waals surface area contributed by atoms with Crippen LogP contribution in [-0.2, 0) is 13.0 Å². The van der Waals surface area contributed by atoms with E-state index in [9.17, 15) is 0 Å². The van der Waals surface area contributed by atoms with Gasteiger partial charge in [0, 0.05) is 19.0 Å². The van der Waals surface area contributed by atoms with Crippen LogP contribution < -0.4 is 5.73 Å². The summed E-state index contributed by atoms with van der Waals surface area (Å²) in [6, 6.07) is 8.53. The van der Waals surface area contributed by atoms with Gasteiger partial charge in [0.25, 0.3) is 0 Å². The van der Waals surface area contributed by atoms with E-state index in [1.807, 2.05) is 6.07 Å². The summed E-state index contributed by atoms with van der Waals surface area (Å²) in [6.45, 7) is 12.5. The molecule has 1 aliphatic rings. The number of rotatable bonds is 4. The van der Waals surface area contributed by atoms with Gasteiger partial charge in [-0.2, -0.15) is 0 Å². The molecule has 1 heterocycles. The molecule has 0 radical (unpaired) electrons. The van der Waals surface area contributed by atoms with Gasteiger partial charge in [-0.1, -0.05) is 39.8 Å². The lowest BCUT2D eigenvalue weighted by Gasteiger charge is -2.14. The highest BCUT2D eigenvalue weighted by molar-refractivity contribution is 5.75. The van der Waals surface area contributed by atoms with E-state index in [1.54, 1.807) is 0 Å². The molecular weight excluding hydrogens is 258 g/mol. The second-order valence-corrected chi connectivity index (χ2v) is 7.55. The quantitative estimate of drug-likeness (QED) is 0.932. The monoisotopic (exact) mass is 285 g/mol. The highest BCUT2D eigenvalue weighted by Crippen LogP contribution is 2.69. The number of para-hydroxylation sites is 2. The van der Waals surface area contributed by atoms with Gasteiger partial charge >= 0.3 is 0 Å². The Labute approximate surface area is 127 Å². The molecule has 114 valence electrons. The van der Waals surface area contributed by atoms with Gasteiger partial charge in [-0.15, -0.1) is 0 Å². The zero-order valence-electron chi connectivity index (χ0n) is 13.9. The van der Waals surface area contributed by atoms with Gasteiger partial charge in [-0.3, -0.25) is 0 Å². The highest BCUT2D eigenvalue weighted by atomic mass is 15.1. The van der Waals surface area contributed by atoms with Crippen LogP contribution in [0.5, 0.6) is 0 Å². The van der Waals surface area contributed by atoms with Crippen molar-refractivity contribution in [3.05, 3.63) is 30.1 Å². The normalized spacial score (nSPS) is 21.6. The van der Waals surface area contributed by atoms with Crippen LogP contribution in [-0.4, -0.2) is 15.6 Å². The topological polar surface area (TPSA) is 43.8 Å². The summed E-state index contributed by atoms with van der Waals surface area (Å²) in [7, 11) is 0. The van der Waals surface area contributed by atoms with Crippen molar-refractivity contribution in [1.29, 1.82) is 0 Å². The molecule has 0 amide bonds. The molecular formula is C18H27N3. The van der Waals surface area contributed by atoms with Crippen LogP contribution in [0.3, 0.4) is 0 Å². The highest BCUT2D eigenvalue weighted by Gasteiger charge is 2.66. The van der Waals surface area contributed by atoms with Crippen molar-refractivity contribution < 1.29 is 0 Å². The molecule has 1 aliphatic carbocycles. The maximum Gasteiger partial charge on any atom is 0.111 e. The summed E-state index contributed by atoms with van der Waals surface area (Å²) < 4.78 is 2.30. The van der Waals surface area contributed by atoms with Crippen molar-refractivity contribution in [3.8, 4) is 0 Å². The summed E-state index contributed by atoms with van der Waals surface area (Å²) in [6.07, 6.45) is 0.861. The lowest BCUT2D eigenvalue weighted by Crippen LogP contribution is -2.29. The summed E-state index contributed by atoms with van der Waals surface area (Å²) in [5, 5.41) is 0. The zero-order valence-corrected chi connectivity index (χ0v) is 13.9. The van der Waals surface area contributed by atoms with Gasteiger partial charge in [0.2, 0.25) is 0 Å². The Hall–Kier alpha value is -1.35. The van der Waals surface area contributed by atoms with Crippen LogP contribution >= 0.6 is 0 Å². The van der Waals surface area contributed by atoms with Crippen LogP contribution in [0.4, 0.5) is 0 Å². The Kier molecular flexibility index (Phi) is 3.17. The fourth-order valence-corrected chi connectivity index (χ4v) is 4.28. The predicted molar refractivity (Wildman–Crippen MR) is 88.1 cm³/mol. The molecule has 1 fully saturated rings. The van der Waals surface area contributed by atoms with Crippen LogP contribution in [0.2, 0.25) is 0 Å². The first-order valence-corrected chi connectivity index (χ1v) is 8.00. The standard InChI is InChI=1S/C18H27N3/c1-6-21-14-10-8-7-9-13(14)20-15(21)11-12(19)16-17(2,3)18(16,4)5/h7-10,12,16H,6,11,19H2,1-5H3. The zero-order chi connectivity index (χ0) is 15.4. The number of nitrogens with two attached hydrogens (primary N) is 1. The number of fused-ring (bicyclic) bond motifs is 1. The molecule has 21 heavy (non-hydrogen) atoms. The fraction of sp³-hybridized carbons (Fsp3) is 0.611. The van der Waals surface area contributed by atoms with Crippen molar-refractivity contribution in [2.24, 2.45) is 22.5 Å². The maximum atomic E-state index is 6.55. The molecule has 1 aromatic carbocycles. The largest absolute Gasteiger partial charge is 0.328 e. The summed E-state index contributed by atoms with van der Waals surface area (Å²) in [4.78, 5) is 4.81. The number of hydrogen-bond donors (Lipinski definition) is 1. The minimum atomic E-state index is 0.178. The predicted octanol–water partition coefficient (Wildman–Crippen LogP) is 3.61. The SMILES string of the molecule is CCn1c(CC(N)C2C(C)(C)C2(C)C)nc2ccccc21. The third-order valence-corrected chi connectivity index (χ3v) is 6.03. The van der Waals surface area contributed by atoms with Crippen molar-refractivity contribution in [1.82, 2.24) is 9.55 Å². The van der Waals surface area contributed by atoms with E-state index in [4.69, 9.17) is 10.7 Å². The van der Waals surface area contributed by atoms with Gasteiger partial charge in [-0.05, 0) is 35.8 Å². The van der Waals surface area contributed by atoms with Crippen LogP contribution in [0.15, 0.2) is 24.3 Å². The van der Waals surface area contributed by atoms with Crippen molar-refractivity contribution in [3.63, 3.8) is 0 Å². The van der Waals surface area contributed by atoms with Crippen molar-refractivity contribution in [2.75, 3.05) is 0 Å². The Morgan fingerprint density at radius 1 is 1.19 bits per heavy atom. The van der Waals surface area contributed by atoms with E-state index in [0.29, 0.717) is 16.7 Å². The van der Waals surface area contributed by atoms with Gasteiger partial charge in [-0.25, -0.2) is 4.98 Å². The van der Waals surface area contributed by atoms with Gasteiger partial charge in [0.1, 0.15) is 5.82 Å². The van der Waals surface area contributed by atoms with Crippen LogP contribution in [0.25, 0.3) is 11.0 Å². The van der Waals surface area contributed by atoms with E-state index in [0.717, 1.165) is 24.3 Å². The molecule has 1 saturated carbocycles. The number of hydrogen-bond acceptors (Lipinski definition) is 2. The second kappa shape index (κ2) is 4.57. The van der Waals surface area contributed by atoms with Gasteiger partial charge in [0.15, 0.2) is 0 Å². The fourth-order valence-electron chi connectivity index (χ4n) is 4.28. The number of imidazole rings is 1. The molecule has 3 nitrogen and oxygen atoms in total. The Balaban J connectivity index is 1.89. The third-order valence-electron chi connectivity index (χ3n) is 6.03. The Morgan fingerprint density at radius 2 is 1.81 bits per heavy atom. The molecule has 2 N–H and O–H groups in total. The van der Waals surface area contributed by atoms with Gasteiger partial charge in [0.05, 0.1) is 11.0 Å². The minimum absolute atomic E-state index is 0.178. The molecule has 2 aromatic rings. The van der Waals surface area contributed by atoms with Crippen LogP contribution in [0, 0.1) is 16.7 Å². The lowest BCUT2D eigenvalue weighted by molar-refractivity contribution is 0.457. The molecule has 0 aliphatic heterocycles. The number of nitrogens with zero attached hydrogens (tertiary/aromatic N) is 2.